The summed E-state index contributed by atoms with van der Waals surface area (Å²) in [7, 11) is 0. The number of halogens is 2. The van der Waals surface area contributed by atoms with E-state index in [4.69, 9.17) is 4.42 Å². The molecule has 1 fully saturated rings. The molecule has 6 heteroatoms. The van der Waals surface area contributed by atoms with Crippen molar-refractivity contribution in [2.45, 2.75) is 46.6 Å². The average Bonchev–Trinajstić information content (AvgIpc) is 2.94. The van der Waals surface area contributed by atoms with E-state index in [9.17, 15) is 13.6 Å². The summed E-state index contributed by atoms with van der Waals surface area (Å²) in [5, 5.41) is 0. The highest BCUT2D eigenvalue weighted by atomic mass is 19.1. The monoisotopic (exact) mass is 376 g/mol. The van der Waals surface area contributed by atoms with Crippen LogP contribution in [0, 0.1) is 30.4 Å². The summed E-state index contributed by atoms with van der Waals surface area (Å²) in [6.45, 7) is 8.12. The fraction of sp³-hybridized carbons (Fsp3) is 0.524. The van der Waals surface area contributed by atoms with Gasteiger partial charge in [-0.25, -0.2) is 13.8 Å². The Kier molecular flexibility index (Phi) is 6.05. The average molecular weight is 376 g/mol. The highest BCUT2D eigenvalue weighted by Gasteiger charge is 2.27. The van der Waals surface area contributed by atoms with Crippen LogP contribution >= 0.6 is 0 Å². The Labute approximate surface area is 158 Å². The van der Waals surface area contributed by atoms with Crippen molar-refractivity contribution in [3.8, 4) is 11.5 Å². The maximum Gasteiger partial charge on any atom is 0.226 e. The normalized spacial score (nSPS) is 18.2. The number of benzene rings is 1. The summed E-state index contributed by atoms with van der Waals surface area (Å²) < 4.78 is 32.5. The lowest BCUT2D eigenvalue weighted by Gasteiger charge is -2.31. The van der Waals surface area contributed by atoms with Gasteiger partial charge in [0.15, 0.2) is 0 Å². The third-order valence-corrected chi connectivity index (χ3v) is 4.95. The van der Waals surface area contributed by atoms with Gasteiger partial charge in [0.1, 0.15) is 23.2 Å². The van der Waals surface area contributed by atoms with Gasteiger partial charge in [0.05, 0.1) is 5.69 Å². The first-order valence-electron chi connectivity index (χ1n) is 9.49. The van der Waals surface area contributed by atoms with Crippen molar-refractivity contribution in [1.29, 1.82) is 0 Å². The minimum absolute atomic E-state index is 0.0742. The van der Waals surface area contributed by atoms with Crippen molar-refractivity contribution in [1.82, 2.24) is 9.88 Å². The molecule has 0 N–H and O–H groups in total. The number of likely N-dealkylation sites (tertiary alicyclic amines) is 1. The smallest absolute Gasteiger partial charge is 0.226 e. The van der Waals surface area contributed by atoms with Crippen LogP contribution in [0.15, 0.2) is 22.6 Å². The highest BCUT2D eigenvalue weighted by molar-refractivity contribution is 5.81. The third-order valence-electron chi connectivity index (χ3n) is 4.95. The fourth-order valence-electron chi connectivity index (χ4n) is 3.62. The molecular formula is C21H26F2N2O2. The van der Waals surface area contributed by atoms with Crippen molar-refractivity contribution in [2.75, 3.05) is 13.1 Å². The molecule has 2 heterocycles. The van der Waals surface area contributed by atoms with E-state index < -0.39 is 11.6 Å². The van der Waals surface area contributed by atoms with Gasteiger partial charge < -0.3 is 4.42 Å². The lowest BCUT2D eigenvalue weighted by Crippen LogP contribution is -2.38. The number of carbonyl (C=O) groups excluding carboxylic acids is 1. The van der Waals surface area contributed by atoms with Crippen LogP contribution in [-0.2, 0) is 11.3 Å². The summed E-state index contributed by atoms with van der Waals surface area (Å²) in [6.07, 6.45) is 2.54. The molecule has 0 radical (unpaired) electrons. The molecule has 27 heavy (non-hydrogen) atoms. The minimum Gasteiger partial charge on any atom is -0.441 e. The number of nitrogens with zero attached hydrogens (tertiary/aromatic N) is 2. The topological polar surface area (TPSA) is 46.3 Å². The number of hydrogen-bond donors (Lipinski definition) is 0. The first-order valence-corrected chi connectivity index (χ1v) is 9.49. The second-order valence-corrected chi connectivity index (χ2v) is 7.82. The van der Waals surface area contributed by atoms with Gasteiger partial charge in [-0.3, -0.25) is 9.69 Å². The van der Waals surface area contributed by atoms with Crippen molar-refractivity contribution < 1.29 is 18.0 Å². The van der Waals surface area contributed by atoms with E-state index in [0.29, 0.717) is 30.4 Å². The molecule has 0 saturated carbocycles. The number of aryl methyl sites for hydroxylation is 1. The Morgan fingerprint density at radius 1 is 1.30 bits per heavy atom. The van der Waals surface area contributed by atoms with Crippen LogP contribution in [0.25, 0.3) is 11.5 Å². The van der Waals surface area contributed by atoms with Gasteiger partial charge in [-0.05, 0) is 44.4 Å². The third kappa shape index (κ3) is 5.01. The van der Waals surface area contributed by atoms with Crippen molar-refractivity contribution >= 4 is 5.78 Å². The summed E-state index contributed by atoms with van der Waals surface area (Å²) in [5.41, 5.74) is 1.03. The maximum absolute atomic E-state index is 13.5. The summed E-state index contributed by atoms with van der Waals surface area (Å²) >= 11 is 0. The summed E-state index contributed by atoms with van der Waals surface area (Å²) in [5.74, 6) is 0.304. The first kappa shape index (κ1) is 19.7. The molecule has 0 bridgehead atoms. The minimum atomic E-state index is -0.662. The second-order valence-electron chi connectivity index (χ2n) is 7.82. The number of rotatable bonds is 6. The van der Waals surface area contributed by atoms with Crippen LogP contribution < -0.4 is 0 Å². The molecule has 0 aliphatic carbocycles. The molecular weight excluding hydrogens is 350 g/mol. The highest BCUT2D eigenvalue weighted by Crippen LogP contribution is 2.26. The van der Waals surface area contributed by atoms with Crippen LogP contribution in [0.5, 0.6) is 0 Å². The molecule has 3 rings (SSSR count). The van der Waals surface area contributed by atoms with Crippen molar-refractivity contribution in [3.05, 3.63) is 41.3 Å². The predicted molar refractivity (Wildman–Crippen MR) is 99.1 cm³/mol. The number of ketones is 1. The van der Waals surface area contributed by atoms with E-state index >= 15 is 0 Å². The Hall–Kier alpha value is -2.08. The lowest BCUT2D eigenvalue weighted by atomic mass is 9.89. The molecule has 1 aromatic carbocycles. The Morgan fingerprint density at radius 3 is 2.67 bits per heavy atom. The number of aromatic nitrogens is 1. The Balaban J connectivity index is 1.70. The molecule has 0 amide bonds. The zero-order valence-corrected chi connectivity index (χ0v) is 16.1. The molecule has 1 aliphatic rings. The zero-order chi connectivity index (χ0) is 19.6. The van der Waals surface area contributed by atoms with Gasteiger partial charge in [0, 0.05) is 37.1 Å². The SMILES string of the molecule is Cc1oc(-c2cc(F)cc(F)c2)nc1CN1CCCC(C(=O)CC(C)C)C1. The molecule has 1 aliphatic heterocycles. The van der Waals surface area contributed by atoms with Crippen LogP contribution in [0.4, 0.5) is 8.78 Å². The molecule has 1 atom stereocenters. The molecule has 0 spiro atoms. The second kappa shape index (κ2) is 8.30. The van der Waals surface area contributed by atoms with Gasteiger partial charge in [0.2, 0.25) is 5.89 Å². The standard InChI is InChI=1S/C21H26F2N2O2/c1-13(2)7-20(26)15-5-4-6-25(11-15)12-19-14(3)27-21(24-19)16-8-17(22)10-18(23)9-16/h8-10,13,15H,4-7,11-12H2,1-3H3. The molecule has 4 nitrogen and oxygen atoms in total. The van der Waals surface area contributed by atoms with Crippen LogP contribution in [0.1, 0.15) is 44.6 Å². The van der Waals surface area contributed by atoms with E-state index in [1.54, 1.807) is 6.92 Å². The van der Waals surface area contributed by atoms with Crippen LogP contribution in [0.2, 0.25) is 0 Å². The molecule has 146 valence electrons. The Bertz CT molecular complexity index is 796. The van der Waals surface area contributed by atoms with E-state index in [1.807, 2.05) is 0 Å². The summed E-state index contributed by atoms with van der Waals surface area (Å²) in [4.78, 5) is 19.1. The number of hydrogen-bond acceptors (Lipinski definition) is 4. The number of carbonyl (C=O) groups is 1. The largest absolute Gasteiger partial charge is 0.441 e. The van der Waals surface area contributed by atoms with Crippen molar-refractivity contribution in [2.24, 2.45) is 11.8 Å². The van der Waals surface area contributed by atoms with E-state index in [1.165, 1.54) is 12.1 Å². The predicted octanol–water partition coefficient (Wildman–Crippen LogP) is 4.76. The number of piperidine rings is 1. The summed E-state index contributed by atoms with van der Waals surface area (Å²) in [6, 6.07) is 3.24. The van der Waals surface area contributed by atoms with Gasteiger partial charge in [0.25, 0.3) is 0 Å². The molecule has 1 aromatic heterocycles. The molecule has 1 unspecified atom stereocenters. The molecule has 2 aromatic rings. The van der Waals surface area contributed by atoms with E-state index in [-0.39, 0.29) is 17.4 Å². The van der Waals surface area contributed by atoms with Crippen LogP contribution in [-0.4, -0.2) is 28.8 Å². The van der Waals surface area contributed by atoms with E-state index in [0.717, 1.165) is 37.7 Å². The number of oxazole rings is 1. The van der Waals surface area contributed by atoms with Crippen LogP contribution in [0.3, 0.4) is 0 Å². The zero-order valence-electron chi connectivity index (χ0n) is 16.1. The Morgan fingerprint density at radius 2 is 2.00 bits per heavy atom. The lowest BCUT2D eigenvalue weighted by molar-refractivity contribution is -0.125. The first-order chi connectivity index (χ1) is 12.8. The molecule has 1 saturated heterocycles. The van der Waals surface area contributed by atoms with Gasteiger partial charge >= 0.3 is 0 Å². The maximum atomic E-state index is 13.5. The van der Waals surface area contributed by atoms with Crippen molar-refractivity contribution in [3.63, 3.8) is 0 Å². The van der Waals surface area contributed by atoms with Gasteiger partial charge in [-0.1, -0.05) is 13.8 Å². The number of Topliss-reactive ketones (excluding diaryl/α,β-unsaturated/α-hetero) is 1. The quantitative estimate of drug-likeness (QED) is 0.730. The van der Waals surface area contributed by atoms with Gasteiger partial charge in [-0.15, -0.1) is 0 Å². The fourth-order valence-corrected chi connectivity index (χ4v) is 3.62. The van der Waals surface area contributed by atoms with E-state index in [2.05, 4.69) is 23.7 Å². The van der Waals surface area contributed by atoms with Gasteiger partial charge in [-0.2, -0.15) is 0 Å².